The molecule has 0 aromatic carbocycles. The second kappa shape index (κ2) is 29.8. The SMILES string of the molecule is CC1/C=C/C=C/C=C/C=C/C=C/C=C/C=C/[C@H](O[C@@H]2OC(C)[C@@H](O)C(N)[C@H]2O)CC(O)C(C(=O)O)C(O)CC(=O)CC(O)CC(O)C(O)CCC(O)CC(O)CC(=O)OC(C)C(C)C1O. The maximum absolute atomic E-state index is 12.9. The molecule has 14 unspecified atom stereocenters. The molecule has 1 saturated heterocycles. The minimum Gasteiger partial charge on any atom is -0.481 e. The van der Waals surface area contributed by atoms with Gasteiger partial charge in [0.2, 0.25) is 0 Å². The fraction of sp³-hybridized carbons (Fsp3) is 0.638. The Morgan fingerprint density at radius 1 is 0.585 bits per heavy atom. The van der Waals surface area contributed by atoms with Crippen molar-refractivity contribution in [2.75, 3.05) is 0 Å². The van der Waals surface area contributed by atoms with Gasteiger partial charge in [-0.15, -0.1) is 0 Å². The van der Waals surface area contributed by atoms with Crippen molar-refractivity contribution in [1.82, 2.24) is 0 Å². The number of cyclic esters (lactones) is 1. The predicted octanol–water partition coefficient (Wildman–Crippen LogP) is 0.554. The van der Waals surface area contributed by atoms with Crippen molar-refractivity contribution in [3.05, 3.63) is 85.1 Å². The van der Waals surface area contributed by atoms with Gasteiger partial charge in [-0.1, -0.05) is 98.9 Å². The third kappa shape index (κ3) is 21.2. The highest BCUT2D eigenvalue weighted by Gasteiger charge is 2.43. The standard InChI is InChI=1S/C47H73NO17/c1-27-17-15-13-11-9-7-5-6-8-10-12-14-16-18-35(65-47-45(60)42(48)44(59)30(4)64-47)26-39(56)41(46(61)62)38(55)24-33(51)22-32(50)23-37(54)36(53)20-19-31(49)21-34(52)25-40(57)63-29(3)28(2)43(27)58/h5-18,27-32,34-39,41-45,47,49-50,52-56,58-60H,19-26,48H2,1-4H3,(H,61,62)/b6-5+,9-7+,10-8+,13-11+,14-12+,17-15+,18-16+/t27?,28?,29?,30?,31?,32?,34?,35-,36?,37?,38?,39?,41?,42?,43?,44+,45+,47-/m0/s1. The molecule has 0 aromatic heterocycles. The summed E-state index contributed by atoms with van der Waals surface area (Å²) < 4.78 is 17.0. The van der Waals surface area contributed by atoms with Crippen LogP contribution in [0.2, 0.25) is 0 Å². The fourth-order valence-electron chi connectivity index (χ4n) is 7.29. The Bertz CT molecular complexity index is 1650. The van der Waals surface area contributed by atoms with Crippen LogP contribution in [0.3, 0.4) is 0 Å². The second-order valence-corrected chi connectivity index (χ2v) is 17.1. The largest absolute Gasteiger partial charge is 0.481 e. The van der Waals surface area contributed by atoms with E-state index in [1.165, 1.54) is 19.1 Å². The second-order valence-electron chi connectivity index (χ2n) is 17.1. The number of hydrogen-bond donors (Lipinski definition) is 12. The summed E-state index contributed by atoms with van der Waals surface area (Å²) in [5.74, 6) is -5.89. The number of carbonyl (C=O) groups is 3. The molecule has 18 nitrogen and oxygen atoms in total. The first kappa shape index (κ1) is 57.4. The zero-order chi connectivity index (χ0) is 48.8. The molecule has 65 heavy (non-hydrogen) atoms. The summed E-state index contributed by atoms with van der Waals surface area (Å²) in [6.07, 6.45) is 2.00. The van der Waals surface area contributed by atoms with Crippen LogP contribution >= 0.6 is 0 Å². The summed E-state index contributed by atoms with van der Waals surface area (Å²) in [5.41, 5.74) is 5.95. The van der Waals surface area contributed by atoms with E-state index in [0.717, 1.165) is 0 Å². The molecular weight excluding hydrogens is 851 g/mol. The van der Waals surface area contributed by atoms with Gasteiger partial charge in [0.05, 0.1) is 79.6 Å². The normalized spacial score (nSPS) is 42.8. The quantitative estimate of drug-likeness (QED) is 0.172. The molecule has 2 heterocycles. The number of carbonyl (C=O) groups excluding carboxylic acids is 2. The summed E-state index contributed by atoms with van der Waals surface area (Å²) in [7, 11) is 0. The number of hydrogen-bond acceptors (Lipinski definition) is 17. The van der Waals surface area contributed by atoms with Gasteiger partial charge in [0.25, 0.3) is 0 Å². The Labute approximate surface area is 381 Å². The third-order valence-electron chi connectivity index (χ3n) is 11.5. The molecule has 2 rings (SSSR count). The van der Waals surface area contributed by atoms with Crippen LogP contribution in [0, 0.1) is 17.8 Å². The first-order valence-corrected chi connectivity index (χ1v) is 22.1. The molecule has 18 heteroatoms. The van der Waals surface area contributed by atoms with E-state index in [0.29, 0.717) is 0 Å². The number of carboxylic acids is 1. The number of rotatable bonds is 3. The van der Waals surface area contributed by atoms with E-state index in [2.05, 4.69) is 0 Å². The number of esters is 1. The zero-order valence-corrected chi connectivity index (χ0v) is 37.6. The average molecular weight is 924 g/mol. The molecule has 368 valence electrons. The van der Waals surface area contributed by atoms with Gasteiger partial charge in [0, 0.05) is 37.5 Å². The molecule has 0 spiro atoms. The van der Waals surface area contributed by atoms with Crippen molar-refractivity contribution in [2.45, 2.75) is 171 Å². The van der Waals surface area contributed by atoms with E-state index in [-0.39, 0.29) is 25.2 Å². The highest BCUT2D eigenvalue weighted by atomic mass is 16.7. The van der Waals surface area contributed by atoms with Crippen molar-refractivity contribution < 1.29 is 84.8 Å². The minimum atomic E-state index is -1.95. The Balaban J connectivity index is 2.29. The van der Waals surface area contributed by atoms with E-state index in [9.17, 15) is 70.6 Å². The van der Waals surface area contributed by atoms with Crippen LogP contribution in [0.15, 0.2) is 85.1 Å². The van der Waals surface area contributed by atoms with Crippen LogP contribution in [0.5, 0.6) is 0 Å². The lowest BCUT2D eigenvalue weighted by atomic mass is 9.88. The van der Waals surface area contributed by atoms with Gasteiger partial charge < -0.3 is 76.1 Å². The summed E-state index contributed by atoms with van der Waals surface area (Å²) in [4.78, 5) is 37.8. The molecule has 13 N–H and O–H groups in total. The number of ketones is 1. The molecule has 0 aliphatic carbocycles. The smallest absolute Gasteiger partial charge is 0.311 e. The van der Waals surface area contributed by atoms with E-state index in [4.69, 9.17) is 19.9 Å². The van der Waals surface area contributed by atoms with Crippen LogP contribution in [-0.4, -0.2) is 166 Å². The summed E-state index contributed by atoms with van der Waals surface area (Å²) in [6, 6.07) is -1.16. The number of aliphatic carboxylic acids is 1. The van der Waals surface area contributed by atoms with Crippen molar-refractivity contribution >= 4 is 17.7 Å². The minimum absolute atomic E-state index is 0.113. The van der Waals surface area contributed by atoms with Crippen LogP contribution in [0.25, 0.3) is 0 Å². The lowest BCUT2D eigenvalue weighted by molar-refractivity contribution is -0.277. The highest BCUT2D eigenvalue weighted by molar-refractivity contribution is 5.80. The molecule has 18 atom stereocenters. The topological polar surface area (TPSA) is 327 Å². The Hall–Kier alpha value is -3.73. The fourth-order valence-corrected chi connectivity index (χ4v) is 7.29. The first-order valence-electron chi connectivity index (χ1n) is 22.1. The molecule has 0 saturated carbocycles. The molecule has 2 aliphatic heterocycles. The molecule has 0 radical (unpaired) electrons. The van der Waals surface area contributed by atoms with Crippen LogP contribution < -0.4 is 5.73 Å². The highest BCUT2D eigenvalue weighted by Crippen LogP contribution is 2.26. The Morgan fingerprint density at radius 3 is 1.69 bits per heavy atom. The van der Waals surface area contributed by atoms with Crippen molar-refractivity contribution in [3.63, 3.8) is 0 Å². The number of carboxylic acid groups (broad SMARTS) is 1. The maximum Gasteiger partial charge on any atom is 0.311 e. The summed E-state index contributed by atoms with van der Waals surface area (Å²) in [5, 5.41) is 116. The predicted molar refractivity (Wildman–Crippen MR) is 238 cm³/mol. The number of Topliss-reactive ketones (excluding diaryl/α,β-unsaturated/α-hetero) is 1. The molecule has 0 bridgehead atoms. The van der Waals surface area contributed by atoms with Crippen LogP contribution in [0.1, 0.15) is 79.1 Å². The van der Waals surface area contributed by atoms with E-state index in [1.54, 1.807) is 80.7 Å². The Morgan fingerprint density at radius 2 is 1.12 bits per heavy atom. The van der Waals surface area contributed by atoms with Gasteiger partial charge in [0.1, 0.15) is 23.9 Å². The van der Waals surface area contributed by atoms with Gasteiger partial charge in [0.15, 0.2) is 6.29 Å². The van der Waals surface area contributed by atoms with Crippen LogP contribution in [0.4, 0.5) is 0 Å². The van der Waals surface area contributed by atoms with Crippen molar-refractivity contribution in [1.29, 1.82) is 0 Å². The van der Waals surface area contributed by atoms with Gasteiger partial charge in [-0.25, -0.2) is 0 Å². The van der Waals surface area contributed by atoms with Gasteiger partial charge in [-0.2, -0.15) is 0 Å². The zero-order valence-electron chi connectivity index (χ0n) is 37.6. The van der Waals surface area contributed by atoms with Gasteiger partial charge >= 0.3 is 11.9 Å². The van der Waals surface area contributed by atoms with E-state index >= 15 is 0 Å². The third-order valence-corrected chi connectivity index (χ3v) is 11.5. The van der Waals surface area contributed by atoms with Crippen LogP contribution in [-0.2, 0) is 28.6 Å². The molecule has 0 amide bonds. The monoisotopic (exact) mass is 923 g/mol. The number of ether oxygens (including phenoxy) is 3. The summed E-state index contributed by atoms with van der Waals surface area (Å²) >= 11 is 0. The van der Waals surface area contributed by atoms with Gasteiger partial charge in [-0.05, 0) is 33.1 Å². The molecular formula is C47H73NO17. The van der Waals surface area contributed by atoms with Crippen molar-refractivity contribution in [3.8, 4) is 0 Å². The molecule has 2 aliphatic rings. The lowest BCUT2D eigenvalue weighted by Gasteiger charge is -2.41. The van der Waals surface area contributed by atoms with E-state index in [1.807, 2.05) is 13.0 Å². The first-order chi connectivity index (χ1) is 30.6. The maximum atomic E-state index is 12.9. The molecule has 1 fully saturated rings. The van der Waals surface area contributed by atoms with E-state index < -0.39 is 153 Å². The van der Waals surface area contributed by atoms with Crippen molar-refractivity contribution in [2.24, 2.45) is 23.5 Å². The number of aliphatic hydroxyl groups excluding tert-OH is 10. The van der Waals surface area contributed by atoms with Gasteiger partial charge in [-0.3, -0.25) is 14.4 Å². The number of allylic oxidation sites excluding steroid dienone is 12. The molecule has 0 aromatic rings. The lowest BCUT2D eigenvalue weighted by Crippen LogP contribution is -2.61. The average Bonchev–Trinajstić information content (AvgIpc) is 3.22. The number of aliphatic hydroxyl groups is 10. The number of nitrogens with two attached hydrogens (primary N) is 1. The summed E-state index contributed by atoms with van der Waals surface area (Å²) in [6.45, 7) is 6.69. The Kier molecular flexibility index (Phi) is 26.3.